The van der Waals surface area contributed by atoms with Crippen molar-refractivity contribution in [1.29, 1.82) is 0 Å². The summed E-state index contributed by atoms with van der Waals surface area (Å²) >= 11 is 9.64. The van der Waals surface area contributed by atoms with E-state index in [1.165, 1.54) is 6.07 Å². The Labute approximate surface area is 137 Å². The van der Waals surface area contributed by atoms with Gasteiger partial charge in [-0.2, -0.15) is 0 Å². The summed E-state index contributed by atoms with van der Waals surface area (Å²) in [7, 11) is 3.46. The van der Waals surface area contributed by atoms with E-state index in [1.54, 1.807) is 19.2 Å². The average Bonchev–Trinajstić information content (AvgIpc) is 2.48. The highest BCUT2D eigenvalue weighted by Gasteiger charge is 2.18. The van der Waals surface area contributed by atoms with Crippen molar-refractivity contribution in [1.82, 2.24) is 5.32 Å². The van der Waals surface area contributed by atoms with Gasteiger partial charge in [0.25, 0.3) is 0 Å². The number of methoxy groups -OCH3 is 1. The Morgan fingerprint density at radius 1 is 1.33 bits per heavy atom. The minimum atomic E-state index is -0.290. The monoisotopic (exact) mass is 371 g/mol. The van der Waals surface area contributed by atoms with Gasteiger partial charge in [0.15, 0.2) is 0 Å². The summed E-state index contributed by atoms with van der Waals surface area (Å²) in [4.78, 5) is 0. The molecule has 0 spiro atoms. The summed E-state index contributed by atoms with van der Waals surface area (Å²) in [6.45, 7) is 0. The number of benzene rings is 2. The van der Waals surface area contributed by atoms with Crippen molar-refractivity contribution in [2.45, 2.75) is 12.5 Å². The van der Waals surface area contributed by atoms with Gasteiger partial charge in [-0.05, 0) is 49.4 Å². The number of nitrogens with one attached hydrogen (secondary N) is 1. The van der Waals surface area contributed by atoms with E-state index in [9.17, 15) is 4.39 Å². The normalized spacial score (nSPS) is 12.2. The lowest BCUT2D eigenvalue weighted by molar-refractivity contribution is 0.413. The zero-order valence-electron chi connectivity index (χ0n) is 11.8. The molecule has 0 aromatic heterocycles. The van der Waals surface area contributed by atoms with Crippen molar-refractivity contribution in [3.63, 3.8) is 0 Å². The van der Waals surface area contributed by atoms with Crippen molar-refractivity contribution >= 4 is 27.5 Å². The standard InChI is InChI=1S/C16H16BrClFNO/c1-20-16(9-12-14(18)4-3-5-15(12)19)11-8-10(21-2)6-7-13(11)17/h3-8,16,20H,9H2,1-2H3. The van der Waals surface area contributed by atoms with Crippen LogP contribution in [0.5, 0.6) is 5.75 Å². The van der Waals surface area contributed by atoms with Crippen molar-refractivity contribution in [2.24, 2.45) is 0 Å². The lowest BCUT2D eigenvalue weighted by Crippen LogP contribution is -2.20. The first-order valence-electron chi connectivity index (χ1n) is 6.50. The fraction of sp³-hybridized carbons (Fsp3) is 0.250. The van der Waals surface area contributed by atoms with E-state index in [2.05, 4.69) is 21.2 Å². The minimum absolute atomic E-state index is 0.0797. The van der Waals surface area contributed by atoms with Crippen molar-refractivity contribution < 1.29 is 9.13 Å². The molecule has 1 atom stereocenters. The van der Waals surface area contributed by atoms with Gasteiger partial charge in [-0.3, -0.25) is 0 Å². The van der Waals surface area contributed by atoms with Gasteiger partial charge in [0.1, 0.15) is 11.6 Å². The first-order valence-corrected chi connectivity index (χ1v) is 7.67. The van der Waals surface area contributed by atoms with E-state index >= 15 is 0 Å². The second-order valence-electron chi connectivity index (χ2n) is 4.63. The number of likely N-dealkylation sites (N-methyl/N-ethyl adjacent to an activating group) is 1. The molecule has 2 nitrogen and oxygen atoms in total. The molecule has 5 heteroatoms. The average molecular weight is 373 g/mol. The molecule has 0 radical (unpaired) electrons. The predicted molar refractivity (Wildman–Crippen MR) is 87.6 cm³/mol. The molecule has 21 heavy (non-hydrogen) atoms. The summed E-state index contributed by atoms with van der Waals surface area (Å²) in [5.41, 5.74) is 1.50. The SMILES string of the molecule is CNC(Cc1c(F)cccc1Cl)c1cc(OC)ccc1Br. The minimum Gasteiger partial charge on any atom is -0.497 e. The van der Waals surface area contributed by atoms with Gasteiger partial charge >= 0.3 is 0 Å². The molecule has 0 aliphatic rings. The Balaban J connectivity index is 2.36. The smallest absolute Gasteiger partial charge is 0.127 e. The van der Waals surface area contributed by atoms with Crippen LogP contribution in [0.1, 0.15) is 17.2 Å². The van der Waals surface area contributed by atoms with Crippen LogP contribution >= 0.6 is 27.5 Å². The van der Waals surface area contributed by atoms with Crippen LogP contribution in [0.25, 0.3) is 0 Å². The zero-order chi connectivity index (χ0) is 15.4. The maximum absolute atomic E-state index is 14.0. The van der Waals surface area contributed by atoms with Crippen LogP contribution in [0.2, 0.25) is 5.02 Å². The Kier molecular flexibility index (Phi) is 5.62. The Morgan fingerprint density at radius 2 is 2.10 bits per heavy atom. The van der Waals surface area contributed by atoms with Gasteiger partial charge in [-0.25, -0.2) is 4.39 Å². The van der Waals surface area contributed by atoms with E-state index < -0.39 is 0 Å². The molecule has 0 saturated carbocycles. The summed E-state index contributed by atoms with van der Waals surface area (Å²) in [5.74, 6) is 0.467. The molecule has 0 aliphatic heterocycles. The second kappa shape index (κ2) is 7.25. The van der Waals surface area contributed by atoms with Gasteiger partial charge in [0.05, 0.1) is 7.11 Å². The van der Waals surface area contributed by atoms with E-state index in [0.29, 0.717) is 17.0 Å². The highest BCUT2D eigenvalue weighted by atomic mass is 79.9. The third-order valence-corrected chi connectivity index (χ3v) is 4.47. The molecule has 0 saturated heterocycles. The molecule has 112 valence electrons. The summed E-state index contributed by atoms with van der Waals surface area (Å²) < 4.78 is 20.2. The highest BCUT2D eigenvalue weighted by molar-refractivity contribution is 9.10. The third-order valence-electron chi connectivity index (χ3n) is 3.40. The first kappa shape index (κ1) is 16.3. The largest absolute Gasteiger partial charge is 0.497 e. The zero-order valence-corrected chi connectivity index (χ0v) is 14.1. The maximum Gasteiger partial charge on any atom is 0.127 e. The summed E-state index contributed by atoms with van der Waals surface area (Å²) in [6, 6.07) is 10.4. The van der Waals surface area contributed by atoms with Gasteiger partial charge in [-0.1, -0.05) is 33.6 Å². The van der Waals surface area contributed by atoms with Gasteiger partial charge < -0.3 is 10.1 Å². The molecule has 2 aromatic rings. The number of halogens is 3. The molecule has 1 unspecified atom stereocenters. The Morgan fingerprint density at radius 3 is 2.71 bits per heavy atom. The van der Waals surface area contributed by atoms with E-state index in [1.807, 2.05) is 25.2 Å². The van der Waals surface area contributed by atoms with Crippen LogP contribution in [0.3, 0.4) is 0 Å². The molecular weight excluding hydrogens is 357 g/mol. The van der Waals surface area contributed by atoms with Crippen molar-refractivity contribution in [2.75, 3.05) is 14.2 Å². The second-order valence-corrected chi connectivity index (χ2v) is 5.89. The lowest BCUT2D eigenvalue weighted by atomic mass is 9.98. The number of rotatable bonds is 5. The first-order chi connectivity index (χ1) is 10.1. The van der Waals surface area contributed by atoms with Gasteiger partial charge in [0, 0.05) is 21.1 Å². The summed E-state index contributed by atoms with van der Waals surface area (Å²) in [6.07, 6.45) is 0.452. The Hall–Kier alpha value is -1.10. The molecule has 0 fully saturated rings. The molecular formula is C16H16BrClFNO. The van der Waals surface area contributed by atoms with E-state index in [-0.39, 0.29) is 11.9 Å². The van der Waals surface area contributed by atoms with Crippen molar-refractivity contribution in [3.05, 3.63) is 62.8 Å². The number of ether oxygens (including phenoxy) is 1. The summed E-state index contributed by atoms with van der Waals surface area (Å²) in [5, 5.41) is 3.64. The number of hydrogen-bond donors (Lipinski definition) is 1. The Bertz CT molecular complexity index is 615. The maximum atomic E-state index is 14.0. The van der Waals surface area contributed by atoms with Crippen LogP contribution < -0.4 is 10.1 Å². The van der Waals surface area contributed by atoms with Crippen LogP contribution in [0.4, 0.5) is 4.39 Å². The van der Waals surface area contributed by atoms with Gasteiger partial charge in [-0.15, -0.1) is 0 Å². The fourth-order valence-corrected chi connectivity index (χ4v) is 2.98. The number of hydrogen-bond acceptors (Lipinski definition) is 2. The van der Waals surface area contributed by atoms with Crippen LogP contribution in [0.15, 0.2) is 40.9 Å². The topological polar surface area (TPSA) is 21.3 Å². The fourth-order valence-electron chi connectivity index (χ4n) is 2.21. The highest BCUT2D eigenvalue weighted by Crippen LogP contribution is 2.31. The van der Waals surface area contributed by atoms with Crippen molar-refractivity contribution in [3.8, 4) is 5.75 Å². The molecule has 2 aromatic carbocycles. The third kappa shape index (κ3) is 3.76. The molecule has 0 amide bonds. The predicted octanol–water partition coefficient (Wildman–Crippen LogP) is 4.75. The van der Waals surface area contributed by atoms with E-state index in [0.717, 1.165) is 15.8 Å². The van der Waals surface area contributed by atoms with E-state index in [4.69, 9.17) is 16.3 Å². The molecule has 0 bridgehead atoms. The van der Waals surface area contributed by atoms with Crippen LogP contribution in [-0.4, -0.2) is 14.2 Å². The van der Waals surface area contributed by atoms with Crippen LogP contribution in [0, 0.1) is 5.82 Å². The van der Waals surface area contributed by atoms with Crippen LogP contribution in [-0.2, 0) is 6.42 Å². The lowest BCUT2D eigenvalue weighted by Gasteiger charge is -2.20. The molecule has 0 heterocycles. The molecule has 1 N–H and O–H groups in total. The molecule has 2 rings (SSSR count). The van der Waals surface area contributed by atoms with Gasteiger partial charge in [0.2, 0.25) is 0 Å². The molecule has 0 aliphatic carbocycles. The quantitative estimate of drug-likeness (QED) is 0.817.